The number of aromatic nitrogens is 6. The molecule has 0 aliphatic carbocycles. The summed E-state index contributed by atoms with van der Waals surface area (Å²) in [5, 5.41) is 9.34. The highest BCUT2D eigenvalue weighted by Gasteiger charge is 2.19. The molecule has 32 heavy (non-hydrogen) atoms. The summed E-state index contributed by atoms with van der Waals surface area (Å²) in [6, 6.07) is 9.56. The monoisotopic (exact) mass is 433 g/mol. The van der Waals surface area contributed by atoms with Crippen LogP contribution in [0.1, 0.15) is 12.6 Å². The normalized spacial score (nSPS) is 14.1. The third kappa shape index (κ3) is 4.04. The van der Waals surface area contributed by atoms with Crippen molar-refractivity contribution < 1.29 is 14.3 Å². The molecular weight excluding hydrogens is 410 g/mol. The van der Waals surface area contributed by atoms with Crippen LogP contribution >= 0.6 is 0 Å². The molecule has 0 atom stereocenters. The molecular formula is C22H23N7O3. The lowest BCUT2D eigenvalue weighted by molar-refractivity contribution is -0.142. The van der Waals surface area contributed by atoms with E-state index in [1.807, 2.05) is 28.8 Å². The molecule has 5 heterocycles. The van der Waals surface area contributed by atoms with Gasteiger partial charge in [0.15, 0.2) is 11.5 Å². The minimum Gasteiger partial charge on any atom is -0.466 e. The Morgan fingerprint density at radius 1 is 1.12 bits per heavy atom. The largest absolute Gasteiger partial charge is 0.466 e. The summed E-state index contributed by atoms with van der Waals surface area (Å²) in [5.74, 6) is 1.26. The van der Waals surface area contributed by atoms with Crippen LogP contribution in [-0.2, 0) is 20.7 Å². The minimum atomic E-state index is -0.298. The zero-order chi connectivity index (χ0) is 21.9. The molecule has 1 saturated heterocycles. The summed E-state index contributed by atoms with van der Waals surface area (Å²) in [5.41, 5.74) is 3.12. The minimum absolute atomic E-state index is 0.123. The molecule has 164 valence electrons. The van der Waals surface area contributed by atoms with Crippen LogP contribution in [0.2, 0.25) is 0 Å². The predicted octanol–water partition coefficient (Wildman–Crippen LogP) is 1.92. The van der Waals surface area contributed by atoms with Crippen molar-refractivity contribution in [3.63, 3.8) is 0 Å². The molecule has 0 amide bonds. The molecule has 10 heteroatoms. The van der Waals surface area contributed by atoms with Gasteiger partial charge in [-0.05, 0) is 25.1 Å². The van der Waals surface area contributed by atoms with E-state index < -0.39 is 0 Å². The molecule has 1 aliphatic rings. The first kappa shape index (κ1) is 20.1. The number of carbonyl (C=O) groups excluding carboxylic acids is 1. The molecule has 1 fully saturated rings. The first-order chi connectivity index (χ1) is 15.7. The summed E-state index contributed by atoms with van der Waals surface area (Å²) in [7, 11) is 0. The zero-order valence-corrected chi connectivity index (χ0v) is 17.7. The van der Waals surface area contributed by atoms with Crippen molar-refractivity contribution >= 4 is 17.4 Å². The Morgan fingerprint density at radius 3 is 2.72 bits per heavy atom. The first-order valence-electron chi connectivity index (χ1n) is 10.6. The third-order valence-electron chi connectivity index (χ3n) is 5.22. The molecule has 4 aromatic heterocycles. The number of rotatable bonds is 6. The van der Waals surface area contributed by atoms with E-state index in [9.17, 15) is 4.79 Å². The van der Waals surface area contributed by atoms with Crippen LogP contribution in [0.25, 0.3) is 22.7 Å². The molecule has 0 spiro atoms. The average molecular weight is 433 g/mol. The van der Waals surface area contributed by atoms with Crippen LogP contribution in [0.5, 0.6) is 0 Å². The Morgan fingerprint density at radius 2 is 1.94 bits per heavy atom. The lowest BCUT2D eigenvalue weighted by atomic mass is 10.2. The van der Waals surface area contributed by atoms with Gasteiger partial charge in [0, 0.05) is 49.4 Å². The third-order valence-corrected chi connectivity index (χ3v) is 5.22. The van der Waals surface area contributed by atoms with Crippen LogP contribution in [0.4, 0.5) is 5.82 Å². The highest BCUT2D eigenvalue weighted by atomic mass is 16.5. The van der Waals surface area contributed by atoms with Crippen LogP contribution in [0.3, 0.4) is 0 Å². The van der Waals surface area contributed by atoms with Gasteiger partial charge in [-0.3, -0.25) is 9.78 Å². The van der Waals surface area contributed by atoms with Crippen molar-refractivity contribution in [2.45, 2.75) is 13.3 Å². The van der Waals surface area contributed by atoms with Gasteiger partial charge in [0.2, 0.25) is 0 Å². The van der Waals surface area contributed by atoms with E-state index in [4.69, 9.17) is 19.6 Å². The Hall–Kier alpha value is -3.79. The molecule has 0 N–H and O–H groups in total. The van der Waals surface area contributed by atoms with E-state index in [0.29, 0.717) is 37.0 Å². The maximum absolute atomic E-state index is 11.8. The number of nitrogens with zero attached hydrogens (tertiary/aromatic N) is 7. The van der Waals surface area contributed by atoms with E-state index >= 15 is 0 Å². The maximum atomic E-state index is 11.8. The van der Waals surface area contributed by atoms with Gasteiger partial charge in [-0.15, -0.1) is 0 Å². The fourth-order valence-electron chi connectivity index (χ4n) is 3.69. The van der Waals surface area contributed by atoms with Gasteiger partial charge < -0.3 is 14.4 Å². The molecule has 0 radical (unpaired) electrons. The number of fused-ring (bicyclic) bond motifs is 1. The van der Waals surface area contributed by atoms with Crippen molar-refractivity contribution in [1.82, 2.24) is 29.4 Å². The maximum Gasteiger partial charge on any atom is 0.311 e. The second kappa shape index (κ2) is 8.75. The Balaban J connectivity index is 1.56. The summed E-state index contributed by atoms with van der Waals surface area (Å²) >= 11 is 0. The molecule has 5 rings (SSSR count). The quantitative estimate of drug-likeness (QED) is 0.425. The Labute approximate surface area is 184 Å². The molecule has 4 aromatic rings. The number of anilines is 1. The van der Waals surface area contributed by atoms with Gasteiger partial charge in [0.1, 0.15) is 5.82 Å². The van der Waals surface area contributed by atoms with Gasteiger partial charge in [-0.2, -0.15) is 14.7 Å². The van der Waals surface area contributed by atoms with Crippen LogP contribution in [0, 0.1) is 0 Å². The van der Waals surface area contributed by atoms with Crippen molar-refractivity contribution in [1.29, 1.82) is 0 Å². The fourth-order valence-corrected chi connectivity index (χ4v) is 3.69. The van der Waals surface area contributed by atoms with Crippen molar-refractivity contribution in [3.8, 4) is 17.1 Å². The van der Waals surface area contributed by atoms with Crippen molar-refractivity contribution in [2.24, 2.45) is 0 Å². The smallest absolute Gasteiger partial charge is 0.311 e. The number of hydrogen-bond donors (Lipinski definition) is 0. The molecule has 0 unspecified atom stereocenters. The highest BCUT2D eigenvalue weighted by Crippen LogP contribution is 2.25. The van der Waals surface area contributed by atoms with Gasteiger partial charge in [-0.25, -0.2) is 9.67 Å². The van der Waals surface area contributed by atoms with Crippen molar-refractivity contribution in [3.05, 3.63) is 54.6 Å². The average Bonchev–Trinajstić information content (AvgIpc) is 3.47. The summed E-state index contributed by atoms with van der Waals surface area (Å²) < 4.78 is 14.1. The predicted molar refractivity (Wildman–Crippen MR) is 117 cm³/mol. The van der Waals surface area contributed by atoms with E-state index in [-0.39, 0.29) is 12.4 Å². The molecule has 1 aliphatic heterocycles. The van der Waals surface area contributed by atoms with E-state index in [0.717, 1.165) is 30.2 Å². The van der Waals surface area contributed by atoms with Gasteiger partial charge in [0.05, 0.1) is 37.6 Å². The molecule has 10 nitrogen and oxygen atoms in total. The van der Waals surface area contributed by atoms with Crippen LogP contribution in [0.15, 0.2) is 48.9 Å². The molecule has 0 bridgehead atoms. The second-order valence-electron chi connectivity index (χ2n) is 7.34. The Kier molecular flexibility index (Phi) is 5.51. The summed E-state index contributed by atoms with van der Waals surface area (Å²) in [6.07, 6.45) is 5.42. The van der Waals surface area contributed by atoms with Crippen LogP contribution < -0.4 is 4.90 Å². The van der Waals surface area contributed by atoms with E-state index in [1.165, 1.54) is 0 Å². The lowest BCUT2D eigenvalue weighted by Gasteiger charge is -2.29. The van der Waals surface area contributed by atoms with Crippen LogP contribution in [-0.4, -0.2) is 68.2 Å². The highest BCUT2D eigenvalue weighted by molar-refractivity contribution is 5.72. The van der Waals surface area contributed by atoms with E-state index in [1.54, 1.807) is 36.3 Å². The van der Waals surface area contributed by atoms with Gasteiger partial charge in [-0.1, -0.05) is 0 Å². The number of carbonyl (C=O) groups is 1. The molecule has 0 aromatic carbocycles. The van der Waals surface area contributed by atoms with Crippen molar-refractivity contribution in [2.75, 3.05) is 37.8 Å². The number of ether oxygens (including phenoxy) is 2. The number of esters is 1. The number of pyridine rings is 1. The first-order valence-corrected chi connectivity index (χ1v) is 10.6. The number of hydrogen-bond acceptors (Lipinski definition) is 8. The summed E-state index contributed by atoms with van der Waals surface area (Å²) in [4.78, 5) is 22.9. The lowest BCUT2D eigenvalue weighted by Crippen LogP contribution is -2.37. The fraction of sp³-hybridized carbons (Fsp3) is 0.318. The Bertz CT molecular complexity index is 1230. The van der Waals surface area contributed by atoms with Gasteiger partial charge in [0.25, 0.3) is 0 Å². The standard InChI is InChI=1S/C22H23N7O3/c1-2-32-22(30)13-17-5-8-28(25-17)19-15-21(27-9-11-31-12-10-27)29-20(24-19)14-18(26-29)16-3-6-23-7-4-16/h3-8,14-15H,2,9-13H2,1H3. The SMILES string of the molecule is CCOC(=O)Cc1ccn(-c2cc(N3CCOCC3)n3nc(-c4ccncc4)cc3n2)n1. The number of morpholine rings is 1. The van der Waals surface area contributed by atoms with Gasteiger partial charge >= 0.3 is 5.97 Å². The zero-order valence-electron chi connectivity index (χ0n) is 17.7. The summed E-state index contributed by atoms with van der Waals surface area (Å²) in [6.45, 7) is 4.97. The second-order valence-corrected chi connectivity index (χ2v) is 7.34. The molecule has 0 saturated carbocycles. The topological polar surface area (TPSA) is 99.7 Å². The van der Waals surface area contributed by atoms with E-state index in [2.05, 4.69) is 15.0 Å².